The fourth-order valence-electron chi connectivity index (χ4n) is 1.06. The van der Waals surface area contributed by atoms with Crippen LogP contribution in [0.4, 0.5) is 4.39 Å². The van der Waals surface area contributed by atoms with Gasteiger partial charge in [0.2, 0.25) is 0 Å². The quantitative estimate of drug-likeness (QED) is 0.605. The Morgan fingerprint density at radius 1 is 1.40 bits per heavy atom. The number of rotatable bonds is 6. The minimum Gasteiger partial charge on any atom is -0.320 e. The first-order chi connectivity index (χ1) is 4.85. The van der Waals surface area contributed by atoms with Crippen molar-refractivity contribution in [1.82, 2.24) is 5.32 Å². The van der Waals surface area contributed by atoms with Crippen LogP contribution >= 0.6 is 0 Å². The van der Waals surface area contributed by atoms with Crippen LogP contribution in [0.3, 0.4) is 0 Å². The third-order valence-corrected chi connectivity index (χ3v) is 1.90. The summed E-state index contributed by atoms with van der Waals surface area (Å²) >= 11 is 0. The molecule has 10 heavy (non-hydrogen) atoms. The Bertz CT molecular complexity index is 66.3. The van der Waals surface area contributed by atoms with Crippen molar-refractivity contribution in [3.63, 3.8) is 0 Å². The predicted octanol–water partition coefficient (Wildman–Crippen LogP) is 1.98. The number of nitrogens with one attached hydrogen (secondary N) is 1. The zero-order valence-corrected chi connectivity index (χ0v) is 6.99. The second-order valence-corrected chi connectivity index (χ2v) is 2.64. The van der Waals surface area contributed by atoms with E-state index in [9.17, 15) is 4.39 Å². The molecule has 0 aromatic carbocycles. The molecule has 0 aromatic rings. The molecule has 0 saturated carbocycles. The van der Waals surface area contributed by atoms with Crippen molar-refractivity contribution in [1.29, 1.82) is 0 Å². The average molecular weight is 147 g/mol. The van der Waals surface area contributed by atoms with Gasteiger partial charge < -0.3 is 5.32 Å². The van der Waals surface area contributed by atoms with Crippen LogP contribution in [-0.2, 0) is 0 Å². The highest BCUT2D eigenvalue weighted by Gasteiger charge is 2.03. The van der Waals surface area contributed by atoms with Crippen LogP contribution in [-0.4, -0.2) is 20.3 Å². The molecule has 0 heterocycles. The van der Waals surface area contributed by atoms with Gasteiger partial charge in [-0.05, 0) is 32.4 Å². The first-order valence-corrected chi connectivity index (χ1v) is 4.05. The molecule has 0 bridgehead atoms. The Hall–Kier alpha value is -0.110. The maximum absolute atomic E-state index is 11.8. The van der Waals surface area contributed by atoms with E-state index in [4.69, 9.17) is 0 Å². The van der Waals surface area contributed by atoms with Gasteiger partial charge in [0.25, 0.3) is 0 Å². The summed E-state index contributed by atoms with van der Waals surface area (Å²) in [6.07, 6.45) is 2.95. The Morgan fingerprint density at radius 2 is 2.10 bits per heavy atom. The highest BCUT2D eigenvalue weighted by molar-refractivity contribution is 4.57. The van der Waals surface area contributed by atoms with Crippen LogP contribution in [0.1, 0.15) is 26.2 Å². The normalized spacial score (nSPS) is 13.5. The number of alkyl halides is 1. The van der Waals surface area contributed by atoms with Crippen LogP contribution in [0.15, 0.2) is 0 Å². The largest absolute Gasteiger partial charge is 0.320 e. The highest BCUT2D eigenvalue weighted by Crippen LogP contribution is 2.11. The van der Waals surface area contributed by atoms with E-state index >= 15 is 0 Å². The molecule has 62 valence electrons. The predicted molar refractivity (Wildman–Crippen MR) is 42.9 cm³/mol. The van der Waals surface area contributed by atoms with Gasteiger partial charge in [-0.3, -0.25) is 4.39 Å². The molecule has 0 amide bonds. The molecule has 0 aliphatic carbocycles. The van der Waals surface area contributed by atoms with Crippen LogP contribution in [0, 0.1) is 5.92 Å². The van der Waals surface area contributed by atoms with Gasteiger partial charge in [-0.15, -0.1) is 0 Å². The van der Waals surface area contributed by atoms with Crippen LogP contribution < -0.4 is 5.32 Å². The van der Waals surface area contributed by atoms with E-state index in [0.29, 0.717) is 5.92 Å². The van der Waals surface area contributed by atoms with Crippen molar-refractivity contribution in [2.75, 3.05) is 20.3 Å². The molecule has 1 N–H and O–H groups in total. The minimum atomic E-state index is -0.164. The Kier molecular flexibility index (Phi) is 6.93. The Morgan fingerprint density at radius 3 is 2.50 bits per heavy atom. The second kappa shape index (κ2) is 7.00. The van der Waals surface area contributed by atoms with Crippen molar-refractivity contribution in [3.05, 3.63) is 0 Å². The molecule has 0 aliphatic heterocycles. The lowest BCUT2D eigenvalue weighted by Gasteiger charge is -2.11. The van der Waals surface area contributed by atoms with Crippen molar-refractivity contribution < 1.29 is 4.39 Å². The van der Waals surface area contributed by atoms with E-state index in [0.717, 1.165) is 25.8 Å². The third kappa shape index (κ3) is 4.74. The Balaban J connectivity index is 3.21. The van der Waals surface area contributed by atoms with Crippen molar-refractivity contribution in [2.24, 2.45) is 5.92 Å². The van der Waals surface area contributed by atoms with Crippen LogP contribution in [0.25, 0.3) is 0 Å². The summed E-state index contributed by atoms with van der Waals surface area (Å²) in [6, 6.07) is 0. The van der Waals surface area contributed by atoms with Crippen molar-refractivity contribution in [2.45, 2.75) is 26.2 Å². The standard InChI is InChI=1S/C8H18FN/c1-3-8(4-6-9)5-7-10-2/h8,10H,3-7H2,1-2H3. The van der Waals surface area contributed by atoms with Gasteiger partial charge >= 0.3 is 0 Å². The Labute approximate surface area is 63.0 Å². The van der Waals surface area contributed by atoms with Gasteiger partial charge in [0, 0.05) is 0 Å². The lowest BCUT2D eigenvalue weighted by atomic mass is 9.99. The average Bonchev–Trinajstić information content (AvgIpc) is 1.98. The summed E-state index contributed by atoms with van der Waals surface area (Å²) in [5, 5.41) is 3.07. The topological polar surface area (TPSA) is 12.0 Å². The lowest BCUT2D eigenvalue weighted by molar-refractivity contribution is 0.360. The van der Waals surface area contributed by atoms with Crippen molar-refractivity contribution in [3.8, 4) is 0 Å². The van der Waals surface area contributed by atoms with E-state index in [1.165, 1.54) is 0 Å². The van der Waals surface area contributed by atoms with Gasteiger partial charge in [-0.25, -0.2) is 0 Å². The molecule has 1 unspecified atom stereocenters. The van der Waals surface area contributed by atoms with E-state index in [1.54, 1.807) is 0 Å². The molecule has 0 fully saturated rings. The number of halogens is 1. The monoisotopic (exact) mass is 147 g/mol. The fourth-order valence-corrected chi connectivity index (χ4v) is 1.06. The molecule has 0 aromatic heterocycles. The molecule has 0 radical (unpaired) electrons. The second-order valence-electron chi connectivity index (χ2n) is 2.64. The van der Waals surface area contributed by atoms with Gasteiger partial charge in [0.15, 0.2) is 0 Å². The van der Waals surface area contributed by atoms with Crippen molar-refractivity contribution >= 4 is 0 Å². The van der Waals surface area contributed by atoms with Crippen LogP contribution in [0.2, 0.25) is 0 Å². The zero-order valence-electron chi connectivity index (χ0n) is 6.99. The maximum Gasteiger partial charge on any atom is 0.0897 e. The zero-order chi connectivity index (χ0) is 7.82. The first kappa shape index (κ1) is 9.89. The van der Waals surface area contributed by atoms with Gasteiger partial charge in [-0.2, -0.15) is 0 Å². The number of hydrogen-bond donors (Lipinski definition) is 1. The van der Waals surface area contributed by atoms with E-state index < -0.39 is 0 Å². The van der Waals surface area contributed by atoms with E-state index in [-0.39, 0.29) is 6.67 Å². The number of hydrogen-bond acceptors (Lipinski definition) is 1. The van der Waals surface area contributed by atoms with E-state index in [2.05, 4.69) is 12.2 Å². The third-order valence-electron chi connectivity index (χ3n) is 1.90. The molecule has 0 saturated heterocycles. The van der Waals surface area contributed by atoms with Gasteiger partial charge in [-0.1, -0.05) is 13.3 Å². The summed E-state index contributed by atoms with van der Waals surface area (Å²) in [4.78, 5) is 0. The molecular formula is C8H18FN. The SMILES string of the molecule is CCC(CCF)CCNC. The molecule has 1 nitrogen and oxygen atoms in total. The maximum atomic E-state index is 11.8. The van der Waals surface area contributed by atoms with Crippen LogP contribution in [0.5, 0.6) is 0 Å². The lowest BCUT2D eigenvalue weighted by Crippen LogP contribution is -2.13. The first-order valence-electron chi connectivity index (χ1n) is 4.05. The molecule has 1 atom stereocenters. The van der Waals surface area contributed by atoms with E-state index in [1.807, 2.05) is 7.05 Å². The molecule has 0 aliphatic rings. The summed E-state index contributed by atoms with van der Waals surface area (Å²) < 4.78 is 11.8. The smallest absolute Gasteiger partial charge is 0.0897 e. The molecule has 2 heteroatoms. The summed E-state index contributed by atoms with van der Waals surface area (Å²) in [5.74, 6) is 0.581. The van der Waals surface area contributed by atoms with Gasteiger partial charge in [0.05, 0.1) is 6.67 Å². The minimum absolute atomic E-state index is 0.164. The summed E-state index contributed by atoms with van der Waals surface area (Å²) in [5.41, 5.74) is 0. The molecule has 0 rings (SSSR count). The molecular weight excluding hydrogens is 129 g/mol. The fraction of sp³-hybridized carbons (Fsp3) is 1.00. The van der Waals surface area contributed by atoms with Gasteiger partial charge in [0.1, 0.15) is 0 Å². The summed E-state index contributed by atoms with van der Waals surface area (Å²) in [7, 11) is 1.93. The highest BCUT2D eigenvalue weighted by atomic mass is 19.1. The molecule has 0 spiro atoms. The summed E-state index contributed by atoms with van der Waals surface area (Å²) in [6.45, 7) is 2.97.